The third kappa shape index (κ3) is 3.90. The standard InChI is InChI=1S/C14H12BBrFNO3/c1-8-2-3-12(17)7-13(8)18-14(19)9-4-10(15(20)21)6-11(16)5-9/h2-7,20-21H,1H3,(H,18,19). The molecule has 0 bridgehead atoms. The fourth-order valence-electron chi connectivity index (χ4n) is 1.82. The Labute approximate surface area is 129 Å². The van der Waals surface area contributed by atoms with Gasteiger partial charge in [0.2, 0.25) is 0 Å². The fraction of sp³-hybridized carbons (Fsp3) is 0.0714. The minimum absolute atomic E-state index is 0.186. The van der Waals surface area contributed by atoms with Crippen LogP contribution in [0.5, 0.6) is 0 Å². The number of hydrogen-bond donors (Lipinski definition) is 3. The van der Waals surface area contributed by atoms with Crippen LogP contribution in [0.3, 0.4) is 0 Å². The van der Waals surface area contributed by atoms with Gasteiger partial charge in [-0.05, 0) is 48.3 Å². The van der Waals surface area contributed by atoms with Gasteiger partial charge in [0.25, 0.3) is 5.91 Å². The van der Waals surface area contributed by atoms with Crippen LogP contribution in [-0.4, -0.2) is 23.1 Å². The summed E-state index contributed by atoms with van der Waals surface area (Å²) < 4.78 is 13.7. The topological polar surface area (TPSA) is 69.6 Å². The summed E-state index contributed by atoms with van der Waals surface area (Å²) in [5, 5.41) is 21.0. The molecule has 1 amide bonds. The second kappa shape index (κ2) is 6.38. The van der Waals surface area contributed by atoms with E-state index in [0.717, 1.165) is 5.56 Å². The van der Waals surface area contributed by atoms with E-state index in [1.807, 2.05) is 0 Å². The molecule has 0 spiro atoms. The number of amides is 1. The molecule has 0 saturated carbocycles. The summed E-state index contributed by atoms with van der Waals surface area (Å²) in [6.45, 7) is 1.75. The molecule has 2 aromatic rings. The Balaban J connectivity index is 2.30. The average Bonchev–Trinajstić information content (AvgIpc) is 2.42. The van der Waals surface area contributed by atoms with Crippen LogP contribution in [0.15, 0.2) is 40.9 Å². The number of halogens is 2. The van der Waals surface area contributed by atoms with Gasteiger partial charge in [0, 0.05) is 15.7 Å². The van der Waals surface area contributed by atoms with Crippen molar-refractivity contribution in [1.82, 2.24) is 0 Å². The van der Waals surface area contributed by atoms with Gasteiger partial charge in [0.05, 0.1) is 0 Å². The summed E-state index contributed by atoms with van der Waals surface area (Å²) in [7, 11) is -1.68. The molecule has 3 N–H and O–H groups in total. The lowest BCUT2D eigenvalue weighted by Gasteiger charge is -2.10. The Morgan fingerprint density at radius 3 is 2.62 bits per heavy atom. The number of nitrogens with one attached hydrogen (secondary N) is 1. The zero-order valence-electron chi connectivity index (χ0n) is 11.1. The zero-order valence-corrected chi connectivity index (χ0v) is 12.7. The summed E-state index contributed by atoms with van der Waals surface area (Å²) in [5.74, 6) is -0.913. The van der Waals surface area contributed by atoms with Crippen LogP contribution in [0.4, 0.5) is 10.1 Å². The molecule has 0 aliphatic rings. The predicted molar refractivity (Wildman–Crippen MR) is 83.1 cm³/mol. The summed E-state index contributed by atoms with van der Waals surface area (Å²) in [6, 6.07) is 8.50. The molecule has 7 heteroatoms. The zero-order chi connectivity index (χ0) is 15.6. The van der Waals surface area contributed by atoms with Crippen molar-refractivity contribution < 1.29 is 19.2 Å². The van der Waals surface area contributed by atoms with E-state index in [1.54, 1.807) is 13.0 Å². The average molecular weight is 352 g/mol. The van der Waals surface area contributed by atoms with Gasteiger partial charge in [0.1, 0.15) is 5.82 Å². The monoisotopic (exact) mass is 351 g/mol. The summed E-state index contributed by atoms with van der Waals surface area (Å²) in [6.07, 6.45) is 0. The van der Waals surface area contributed by atoms with Crippen LogP contribution in [0.1, 0.15) is 15.9 Å². The van der Waals surface area contributed by atoms with Gasteiger partial charge < -0.3 is 15.4 Å². The van der Waals surface area contributed by atoms with E-state index in [-0.39, 0.29) is 11.0 Å². The van der Waals surface area contributed by atoms with Crippen molar-refractivity contribution in [2.24, 2.45) is 0 Å². The van der Waals surface area contributed by atoms with Gasteiger partial charge in [0.15, 0.2) is 0 Å². The molecule has 0 aliphatic heterocycles. The van der Waals surface area contributed by atoms with Crippen molar-refractivity contribution in [3.8, 4) is 0 Å². The Kier molecular flexibility index (Phi) is 4.77. The number of benzene rings is 2. The highest BCUT2D eigenvalue weighted by Gasteiger charge is 2.16. The SMILES string of the molecule is Cc1ccc(F)cc1NC(=O)c1cc(Br)cc(B(O)O)c1. The molecule has 2 aromatic carbocycles. The molecule has 0 atom stereocenters. The van der Waals surface area contributed by atoms with E-state index in [1.165, 1.54) is 30.3 Å². The molecule has 0 radical (unpaired) electrons. The van der Waals surface area contributed by atoms with Gasteiger partial charge in [-0.3, -0.25) is 4.79 Å². The van der Waals surface area contributed by atoms with Crippen molar-refractivity contribution in [1.29, 1.82) is 0 Å². The third-order valence-electron chi connectivity index (χ3n) is 2.93. The Bertz CT molecular complexity index is 694. The molecule has 0 aliphatic carbocycles. The first-order chi connectivity index (χ1) is 9.86. The van der Waals surface area contributed by atoms with Gasteiger partial charge >= 0.3 is 7.12 Å². The van der Waals surface area contributed by atoms with E-state index in [2.05, 4.69) is 21.2 Å². The molecular formula is C14H12BBrFNO3. The second-order valence-corrected chi connectivity index (χ2v) is 5.48. The van der Waals surface area contributed by atoms with Crippen LogP contribution < -0.4 is 10.8 Å². The molecule has 4 nitrogen and oxygen atoms in total. The predicted octanol–water partition coefficient (Wildman–Crippen LogP) is 1.83. The van der Waals surface area contributed by atoms with Crippen LogP contribution >= 0.6 is 15.9 Å². The second-order valence-electron chi connectivity index (χ2n) is 4.56. The van der Waals surface area contributed by atoms with E-state index in [0.29, 0.717) is 10.2 Å². The maximum atomic E-state index is 13.2. The lowest BCUT2D eigenvalue weighted by molar-refractivity contribution is 0.102. The number of carbonyl (C=O) groups excluding carboxylic acids is 1. The Morgan fingerprint density at radius 2 is 1.95 bits per heavy atom. The van der Waals surface area contributed by atoms with Gasteiger partial charge in [-0.1, -0.05) is 22.0 Å². The normalized spacial score (nSPS) is 10.3. The molecule has 0 unspecified atom stereocenters. The number of hydrogen-bond acceptors (Lipinski definition) is 3. The molecule has 0 fully saturated rings. The van der Waals surface area contributed by atoms with Crippen LogP contribution in [0.2, 0.25) is 0 Å². The first-order valence-electron chi connectivity index (χ1n) is 6.11. The summed E-state index contributed by atoms with van der Waals surface area (Å²) in [5.41, 5.74) is 1.51. The van der Waals surface area contributed by atoms with Crippen LogP contribution in [-0.2, 0) is 0 Å². The summed E-state index contributed by atoms with van der Waals surface area (Å²) in [4.78, 5) is 12.2. The van der Waals surface area contributed by atoms with E-state index < -0.39 is 18.8 Å². The highest BCUT2D eigenvalue weighted by molar-refractivity contribution is 9.10. The first kappa shape index (κ1) is 15.7. The van der Waals surface area contributed by atoms with Crippen LogP contribution in [0, 0.1) is 12.7 Å². The van der Waals surface area contributed by atoms with Crippen molar-refractivity contribution in [3.63, 3.8) is 0 Å². The van der Waals surface area contributed by atoms with Crippen molar-refractivity contribution in [2.45, 2.75) is 6.92 Å². The molecule has 0 aromatic heterocycles. The highest BCUT2D eigenvalue weighted by atomic mass is 79.9. The number of aryl methyl sites for hydroxylation is 1. The molecule has 0 heterocycles. The smallest absolute Gasteiger partial charge is 0.423 e. The molecule has 0 saturated heterocycles. The molecule has 2 rings (SSSR count). The van der Waals surface area contributed by atoms with E-state index in [9.17, 15) is 19.2 Å². The quantitative estimate of drug-likeness (QED) is 0.739. The van der Waals surface area contributed by atoms with Crippen molar-refractivity contribution in [3.05, 3.63) is 57.8 Å². The highest BCUT2D eigenvalue weighted by Crippen LogP contribution is 2.18. The van der Waals surface area contributed by atoms with Gasteiger partial charge in [-0.2, -0.15) is 0 Å². The number of rotatable bonds is 3. The summed E-state index contributed by atoms with van der Waals surface area (Å²) >= 11 is 3.20. The first-order valence-corrected chi connectivity index (χ1v) is 6.90. The number of anilines is 1. The minimum atomic E-state index is -1.68. The van der Waals surface area contributed by atoms with Crippen LogP contribution in [0.25, 0.3) is 0 Å². The van der Waals surface area contributed by atoms with Gasteiger partial charge in [-0.25, -0.2) is 4.39 Å². The van der Waals surface area contributed by atoms with Crippen molar-refractivity contribution in [2.75, 3.05) is 5.32 Å². The molecular weight excluding hydrogens is 340 g/mol. The lowest BCUT2D eigenvalue weighted by atomic mass is 9.79. The lowest BCUT2D eigenvalue weighted by Crippen LogP contribution is -2.31. The maximum absolute atomic E-state index is 13.2. The fourth-order valence-corrected chi connectivity index (χ4v) is 2.33. The van der Waals surface area contributed by atoms with Gasteiger partial charge in [-0.15, -0.1) is 0 Å². The van der Waals surface area contributed by atoms with E-state index >= 15 is 0 Å². The Morgan fingerprint density at radius 1 is 1.24 bits per heavy atom. The largest absolute Gasteiger partial charge is 0.488 e. The molecule has 21 heavy (non-hydrogen) atoms. The minimum Gasteiger partial charge on any atom is -0.423 e. The third-order valence-corrected chi connectivity index (χ3v) is 3.39. The Hall–Kier alpha value is -1.70. The number of carbonyl (C=O) groups is 1. The van der Waals surface area contributed by atoms with E-state index in [4.69, 9.17) is 0 Å². The maximum Gasteiger partial charge on any atom is 0.488 e. The molecule has 108 valence electrons. The van der Waals surface area contributed by atoms with Crippen molar-refractivity contribution >= 4 is 40.1 Å².